The summed E-state index contributed by atoms with van der Waals surface area (Å²) in [6.45, 7) is 2.91. The Balaban J connectivity index is 2.29. The van der Waals surface area contributed by atoms with Crippen molar-refractivity contribution in [3.8, 4) is 0 Å². The van der Waals surface area contributed by atoms with Gasteiger partial charge in [0.05, 0.1) is 11.3 Å². The van der Waals surface area contributed by atoms with Gasteiger partial charge in [-0.1, -0.05) is 11.6 Å². The number of carbonyl (C=O) groups excluding carboxylic acids is 1. The number of anilines is 1. The lowest BCUT2D eigenvalue weighted by Crippen LogP contribution is -2.36. The molecule has 5 heteroatoms. The fourth-order valence-corrected chi connectivity index (χ4v) is 1.98. The van der Waals surface area contributed by atoms with Crippen molar-refractivity contribution in [2.24, 2.45) is 0 Å². The lowest BCUT2D eigenvalue weighted by molar-refractivity contribution is 0.0761. The van der Waals surface area contributed by atoms with E-state index in [0.29, 0.717) is 19.2 Å². The largest absolute Gasteiger partial charge is 0.396 e. The molecule has 2 N–H and O–H groups in total. The van der Waals surface area contributed by atoms with Crippen LogP contribution in [0, 0.1) is 11.6 Å². The minimum atomic E-state index is -0.876. The Hall–Kier alpha value is -1.91. The Morgan fingerprint density at radius 2 is 2.06 bits per heavy atom. The molecule has 0 unspecified atom stereocenters. The molecule has 0 aliphatic carbocycles. The van der Waals surface area contributed by atoms with Crippen LogP contribution < -0.4 is 5.73 Å². The summed E-state index contributed by atoms with van der Waals surface area (Å²) in [5.74, 6) is -2.18. The van der Waals surface area contributed by atoms with Crippen molar-refractivity contribution >= 4 is 11.6 Å². The van der Waals surface area contributed by atoms with E-state index in [4.69, 9.17) is 5.73 Å². The first-order chi connectivity index (χ1) is 8.49. The summed E-state index contributed by atoms with van der Waals surface area (Å²) in [5, 5.41) is 0. The Morgan fingerprint density at radius 1 is 1.33 bits per heavy atom. The van der Waals surface area contributed by atoms with Crippen molar-refractivity contribution in [2.45, 2.75) is 13.3 Å². The fraction of sp³-hybridized carbons (Fsp3) is 0.308. The molecule has 18 heavy (non-hydrogen) atoms. The Morgan fingerprint density at radius 3 is 2.72 bits per heavy atom. The van der Waals surface area contributed by atoms with Crippen LogP contribution in [-0.2, 0) is 0 Å². The molecule has 0 bridgehead atoms. The highest BCUT2D eigenvalue weighted by Gasteiger charge is 2.22. The highest BCUT2D eigenvalue weighted by molar-refractivity contribution is 5.95. The molecule has 0 radical (unpaired) electrons. The van der Waals surface area contributed by atoms with Gasteiger partial charge in [-0.25, -0.2) is 8.78 Å². The number of nitrogen functional groups attached to an aromatic ring is 1. The molecule has 0 saturated heterocycles. The smallest absolute Gasteiger partial charge is 0.257 e. The van der Waals surface area contributed by atoms with Crippen LogP contribution in [-0.4, -0.2) is 23.9 Å². The number of nitrogens with two attached hydrogens (primary N) is 1. The molecule has 0 fully saturated rings. The normalized spacial score (nSPS) is 15.5. The summed E-state index contributed by atoms with van der Waals surface area (Å²) >= 11 is 0. The van der Waals surface area contributed by atoms with E-state index in [1.54, 1.807) is 0 Å². The molecule has 2 rings (SSSR count). The van der Waals surface area contributed by atoms with Crippen molar-refractivity contribution in [3.63, 3.8) is 0 Å². The third-order valence-corrected chi connectivity index (χ3v) is 2.94. The summed E-state index contributed by atoms with van der Waals surface area (Å²) in [6.07, 6.45) is 2.79. The van der Waals surface area contributed by atoms with E-state index in [-0.39, 0.29) is 11.3 Å². The van der Waals surface area contributed by atoms with Gasteiger partial charge in [0, 0.05) is 19.2 Å². The van der Waals surface area contributed by atoms with E-state index in [9.17, 15) is 13.6 Å². The van der Waals surface area contributed by atoms with Crippen LogP contribution in [0.1, 0.15) is 23.7 Å². The van der Waals surface area contributed by atoms with Crippen LogP contribution in [0.2, 0.25) is 0 Å². The number of nitrogens with zero attached hydrogens (tertiary/aromatic N) is 1. The first kappa shape index (κ1) is 12.5. The molecule has 1 aliphatic heterocycles. The van der Waals surface area contributed by atoms with Crippen molar-refractivity contribution in [3.05, 3.63) is 41.0 Å². The lowest BCUT2D eigenvalue weighted by Gasteiger charge is -2.26. The second-order valence-electron chi connectivity index (χ2n) is 4.42. The second-order valence-corrected chi connectivity index (χ2v) is 4.42. The summed E-state index contributed by atoms with van der Waals surface area (Å²) in [7, 11) is 0. The number of amides is 1. The number of hydrogen-bond acceptors (Lipinski definition) is 2. The third kappa shape index (κ3) is 2.34. The van der Waals surface area contributed by atoms with Gasteiger partial charge in [-0.15, -0.1) is 0 Å². The van der Waals surface area contributed by atoms with Gasteiger partial charge in [0.1, 0.15) is 11.6 Å². The fourth-order valence-electron chi connectivity index (χ4n) is 1.98. The molecule has 3 nitrogen and oxygen atoms in total. The van der Waals surface area contributed by atoms with Crippen molar-refractivity contribution in [2.75, 3.05) is 18.8 Å². The number of rotatable bonds is 1. The van der Waals surface area contributed by atoms with Crippen molar-refractivity contribution in [1.82, 2.24) is 4.90 Å². The average molecular weight is 252 g/mol. The zero-order valence-corrected chi connectivity index (χ0v) is 10.0. The molecule has 0 saturated carbocycles. The molecule has 1 aromatic rings. The maximum Gasteiger partial charge on any atom is 0.257 e. The first-order valence-electron chi connectivity index (χ1n) is 5.68. The zero-order valence-electron chi connectivity index (χ0n) is 10.0. The molecular weight excluding hydrogens is 238 g/mol. The molecular formula is C13H14F2N2O. The van der Waals surface area contributed by atoms with Gasteiger partial charge in [0.2, 0.25) is 0 Å². The van der Waals surface area contributed by atoms with Crippen LogP contribution in [0.25, 0.3) is 0 Å². The SMILES string of the molecule is CC1=CCCN(C(=O)c2cc(N)c(F)cc2F)C1. The molecule has 0 spiro atoms. The first-order valence-corrected chi connectivity index (χ1v) is 5.68. The summed E-state index contributed by atoms with van der Waals surface area (Å²) in [6, 6.07) is 1.70. The number of benzene rings is 1. The minimum absolute atomic E-state index is 0.177. The van der Waals surface area contributed by atoms with Gasteiger partial charge in [-0.3, -0.25) is 4.79 Å². The molecule has 0 atom stereocenters. The standard InChI is InChI=1S/C13H14F2N2O/c1-8-3-2-4-17(7-8)13(18)9-5-12(16)11(15)6-10(9)14/h3,5-6H,2,4,7,16H2,1H3. The van der Waals surface area contributed by atoms with Gasteiger partial charge >= 0.3 is 0 Å². The molecule has 1 aromatic carbocycles. The highest BCUT2D eigenvalue weighted by atomic mass is 19.1. The Labute approximate surface area is 104 Å². The molecule has 0 aromatic heterocycles. The lowest BCUT2D eigenvalue weighted by atomic mass is 10.1. The van der Waals surface area contributed by atoms with E-state index in [1.165, 1.54) is 4.90 Å². The van der Waals surface area contributed by atoms with Gasteiger partial charge in [-0.05, 0) is 19.4 Å². The Kier molecular flexibility index (Phi) is 3.32. The Bertz CT molecular complexity index is 526. The monoisotopic (exact) mass is 252 g/mol. The van der Waals surface area contributed by atoms with E-state index in [2.05, 4.69) is 0 Å². The van der Waals surface area contributed by atoms with Gasteiger partial charge in [-0.2, -0.15) is 0 Å². The third-order valence-electron chi connectivity index (χ3n) is 2.94. The molecule has 1 amide bonds. The van der Waals surface area contributed by atoms with E-state index in [0.717, 1.165) is 18.1 Å². The van der Waals surface area contributed by atoms with Crippen LogP contribution in [0.15, 0.2) is 23.8 Å². The maximum absolute atomic E-state index is 13.6. The van der Waals surface area contributed by atoms with Crippen LogP contribution in [0.5, 0.6) is 0 Å². The summed E-state index contributed by atoms with van der Waals surface area (Å²) in [4.78, 5) is 13.6. The average Bonchev–Trinajstić information content (AvgIpc) is 2.33. The van der Waals surface area contributed by atoms with Crippen LogP contribution in [0.4, 0.5) is 14.5 Å². The molecule has 96 valence electrons. The predicted molar refractivity (Wildman–Crippen MR) is 65.0 cm³/mol. The van der Waals surface area contributed by atoms with Gasteiger partial charge in [0.25, 0.3) is 5.91 Å². The number of hydrogen-bond donors (Lipinski definition) is 1. The molecule has 1 aliphatic rings. The molecule has 1 heterocycles. The number of carbonyl (C=O) groups is 1. The van der Waals surface area contributed by atoms with E-state index >= 15 is 0 Å². The maximum atomic E-state index is 13.6. The minimum Gasteiger partial charge on any atom is -0.396 e. The summed E-state index contributed by atoms with van der Waals surface area (Å²) < 4.78 is 26.6. The van der Waals surface area contributed by atoms with Crippen molar-refractivity contribution in [1.29, 1.82) is 0 Å². The van der Waals surface area contributed by atoms with Crippen molar-refractivity contribution < 1.29 is 13.6 Å². The van der Waals surface area contributed by atoms with E-state index in [1.807, 2.05) is 13.0 Å². The topological polar surface area (TPSA) is 46.3 Å². The second kappa shape index (κ2) is 4.76. The van der Waals surface area contributed by atoms with Crippen LogP contribution >= 0.6 is 0 Å². The zero-order chi connectivity index (χ0) is 13.3. The quantitative estimate of drug-likeness (QED) is 0.616. The van der Waals surface area contributed by atoms with Crippen LogP contribution in [0.3, 0.4) is 0 Å². The number of halogens is 2. The summed E-state index contributed by atoms with van der Waals surface area (Å²) in [5.41, 5.74) is 6.02. The van der Waals surface area contributed by atoms with E-state index < -0.39 is 17.5 Å². The van der Waals surface area contributed by atoms with Gasteiger partial charge < -0.3 is 10.6 Å². The van der Waals surface area contributed by atoms with Gasteiger partial charge in [0.15, 0.2) is 0 Å². The highest BCUT2D eigenvalue weighted by Crippen LogP contribution is 2.20. The predicted octanol–water partition coefficient (Wildman–Crippen LogP) is 2.34.